The van der Waals surface area contributed by atoms with Gasteiger partial charge >= 0.3 is 6.09 Å². The van der Waals surface area contributed by atoms with Crippen molar-refractivity contribution in [1.82, 2.24) is 35.2 Å². The lowest BCUT2D eigenvalue weighted by Gasteiger charge is -2.36. The first-order valence-electron chi connectivity index (χ1n) is 24.6. The molecule has 0 saturated carbocycles. The maximum Gasteiger partial charge on any atom is 0.410 e. The van der Waals surface area contributed by atoms with Crippen LogP contribution in [-0.2, 0) is 31.9 Å². The van der Waals surface area contributed by atoms with Crippen LogP contribution < -0.4 is 16.2 Å². The van der Waals surface area contributed by atoms with Gasteiger partial charge in [-0.15, -0.1) is 0 Å². The van der Waals surface area contributed by atoms with E-state index in [1.54, 1.807) is 47.5 Å². The number of piperazine rings is 1. The van der Waals surface area contributed by atoms with Crippen LogP contribution in [0.15, 0.2) is 132 Å². The fourth-order valence-corrected chi connectivity index (χ4v) is 9.52. The first-order valence-corrected chi connectivity index (χ1v) is 24.6. The number of amides is 5. The molecule has 3 N–H and O–H groups in total. The van der Waals surface area contributed by atoms with Crippen molar-refractivity contribution in [3.63, 3.8) is 0 Å². The molecule has 3 heterocycles. The van der Waals surface area contributed by atoms with Crippen LogP contribution in [0.3, 0.4) is 0 Å². The van der Waals surface area contributed by atoms with Crippen LogP contribution in [0, 0.1) is 5.82 Å². The molecule has 0 bridgehead atoms. The van der Waals surface area contributed by atoms with E-state index in [1.807, 2.05) is 72.8 Å². The Morgan fingerprint density at radius 1 is 0.784 bits per heavy atom. The smallest absolute Gasteiger partial charge is 0.410 e. The SMILES string of the molecule is CCc1cccc(-c2cnc(C(=O)NCCOCCN(CC(=O)N3CCN(C(=O)c4cc(Cc5n[nH]c(=O)c6ccccc56)ccc4F)CC3)C(=O)OCC3c4ccccc4-c4ccccc43)c(NC(C)=O)c2)c1. The molecule has 0 unspecified atom stereocenters. The molecular weight excluding hydrogens is 944 g/mol. The number of halogens is 1. The number of aromatic nitrogens is 3. The van der Waals surface area contributed by atoms with Gasteiger partial charge < -0.3 is 29.9 Å². The second kappa shape index (κ2) is 22.9. The van der Waals surface area contributed by atoms with E-state index < -0.39 is 23.7 Å². The van der Waals surface area contributed by atoms with Gasteiger partial charge in [0, 0.05) is 75.7 Å². The first-order chi connectivity index (χ1) is 35.9. The first kappa shape index (κ1) is 50.4. The molecule has 378 valence electrons. The van der Waals surface area contributed by atoms with Crippen LogP contribution in [0.4, 0.5) is 14.9 Å². The molecule has 1 aliphatic heterocycles. The number of ether oxygens (including phenoxy) is 2. The number of aryl methyl sites for hydroxylation is 1. The summed E-state index contributed by atoms with van der Waals surface area (Å²) in [6, 6.07) is 37.0. The van der Waals surface area contributed by atoms with Gasteiger partial charge in [0.25, 0.3) is 17.4 Å². The molecule has 0 atom stereocenters. The molecule has 16 nitrogen and oxygen atoms in total. The van der Waals surface area contributed by atoms with Gasteiger partial charge in [0.15, 0.2) is 5.69 Å². The summed E-state index contributed by atoms with van der Waals surface area (Å²) in [6.07, 6.45) is 1.96. The molecule has 0 radical (unpaired) electrons. The zero-order valence-electron chi connectivity index (χ0n) is 41.1. The molecule has 17 heteroatoms. The summed E-state index contributed by atoms with van der Waals surface area (Å²) in [5, 5.41) is 13.4. The molecule has 74 heavy (non-hydrogen) atoms. The number of H-pyrrole nitrogens is 1. The van der Waals surface area contributed by atoms with Crippen LogP contribution in [0.25, 0.3) is 33.0 Å². The topological polar surface area (TPSA) is 196 Å². The summed E-state index contributed by atoms with van der Waals surface area (Å²) in [7, 11) is 0. The number of anilines is 1. The van der Waals surface area contributed by atoms with Crippen molar-refractivity contribution < 1.29 is 37.8 Å². The molecule has 2 aliphatic rings. The highest BCUT2D eigenvalue weighted by Crippen LogP contribution is 2.44. The third-order valence-corrected chi connectivity index (χ3v) is 13.4. The second-order valence-corrected chi connectivity index (χ2v) is 18.2. The Bertz CT molecular complexity index is 3270. The number of carbonyl (C=O) groups excluding carboxylic acids is 5. The van der Waals surface area contributed by atoms with E-state index in [9.17, 15) is 28.8 Å². The number of nitrogens with one attached hydrogen (secondary N) is 3. The summed E-state index contributed by atoms with van der Waals surface area (Å²) in [5.41, 5.74) is 8.03. The third kappa shape index (κ3) is 11.4. The lowest BCUT2D eigenvalue weighted by molar-refractivity contribution is -0.133. The van der Waals surface area contributed by atoms with Gasteiger partial charge in [-0.1, -0.05) is 104 Å². The lowest BCUT2D eigenvalue weighted by Crippen LogP contribution is -2.53. The quantitative estimate of drug-likeness (QED) is 0.0784. The van der Waals surface area contributed by atoms with Crippen LogP contribution in [0.5, 0.6) is 0 Å². The largest absolute Gasteiger partial charge is 0.448 e. The Morgan fingerprint density at radius 2 is 1.49 bits per heavy atom. The van der Waals surface area contributed by atoms with E-state index >= 15 is 4.39 Å². The zero-order chi connectivity index (χ0) is 51.7. The monoisotopic (exact) mass is 998 g/mol. The highest BCUT2D eigenvalue weighted by molar-refractivity contribution is 6.02. The number of fused-ring (bicyclic) bond motifs is 4. The number of hydrogen-bond acceptors (Lipinski definition) is 10. The van der Waals surface area contributed by atoms with Crippen molar-refractivity contribution in [2.24, 2.45) is 0 Å². The number of carbonyl (C=O) groups is 5. The van der Waals surface area contributed by atoms with Gasteiger partial charge in [-0.05, 0) is 69.6 Å². The summed E-state index contributed by atoms with van der Waals surface area (Å²) < 4.78 is 27.1. The van der Waals surface area contributed by atoms with Crippen LogP contribution in [0.1, 0.15) is 68.6 Å². The number of aromatic amines is 1. The highest BCUT2D eigenvalue weighted by atomic mass is 19.1. The van der Waals surface area contributed by atoms with Gasteiger partial charge in [-0.2, -0.15) is 5.10 Å². The van der Waals surface area contributed by atoms with Crippen molar-refractivity contribution in [2.75, 3.05) is 71.0 Å². The second-order valence-electron chi connectivity index (χ2n) is 18.2. The Balaban J connectivity index is 0.820. The van der Waals surface area contributed by atoms with E-state index in [4.69, 9.17) is 9.47 Å². The average Bonchev–Trinajstić information content (AvgIpc) is 3.74. The third-order valence-electron chi connectivity index (χ3n) is 13.4. The fraction of sp³-hybridized carbons (Fsp3) is 0.263. The van der Waals surface area contributed by atoms with Crippen LogP contribution >= 0.6 is 0 Å². The maximum atomic E-state index is 15.3. The van der Waals surface area contributed by atoms with Gasteiger partial charge in [0.1, 0.15) is 19.0 Å². The molecule has 1 saturated heterocycles. The summed E-state index contributed by atoms with van der Waals surface area (Å²) in [4.78, 5) is 88.3. The summed E-state index contributed by atoms with van der Waals surface area (Å²) in [6.45, 7) is 3.73. The molecule has 1 fully saturated rings. The normalized spacial score (nSPS) is 13.0. The van der Waals surface area contributed by atoms with Crippen molar-refractivity contribution in [3.8, 4) is 22.3 Å². The van der Waals surface area contributed by atoms with Gasteiger partial charge in [-0.3, -0.25) is 28.9 Å². The Hall–Kier alpha value is -8.57. The molecule has 5 aromatic carbocycles. The molecule has 5 amide bonds. The minimum Gasteiger partial charge on any atom is -0.448 e. The van der Waals surface area contributed by atoms with E-state index in [1.165, 1.54) is 28.9 Å². The molecule has 0 spiro atoms. The van der Waals surface area contributed by atoms with Crippen LogP contribution in [0.2, 0.25) is 0 Å². The Morgan fingerprint density at radius 3 is 2.22 bits per heavy atom. The minimum absolute atomic E-state index is 0.00430. The van der Waals surface area contributed by atoms with Crippen molar-refractivity contribution in [1.29, 1.82) is 0 Å². The number of nitrogens with zero attached hydrogens (tertiary/aromatic N) is 5. The number of rotatable bonds is 17. The van der Waals surface area contributed by atoms with E-state index in [-0.39, 0.29) is 112 Å². The van der Waals surface area contributed by atoms with Crippen molar-refractivity contribution in [2.45, 2.75) is 32.6 Å². The Kier molecular flexibility index (Phi) is 15.6. The molecular formula is C57H55FN8O8. The summed E-state index contributed by atoms with van der Waals surface area (Å²) in [5.74, 6) is -2.69. The van der Waals surface area contributed by atoms with Crippen LogP contribution in [-0.4, -0.2) is 125 Å². The fourth-order valence-electron chi connectivity index (χ4n) is 9.52. The van der Waals surface area contributed by atoms with Gasteiger partial charge in [-0.25, -0.2) is 19.3 Å². The number of pyridine rings is 1. The number of benzene rings is 5. The maximum absolute atomic E-state index is 15.3. The molecule has 2 aromatic heterocycles. The molecule has 1 aliphatic carbocycles. The Labute approximate surface area is 426 Å². The van der Waals surface area contributed by atoms with E-state index in [2.05, 4.69) is 32.7 Å². The standard InChI is InChI=1S/C57H55FN8O8/c1-3-37-11-10-12-39(29-37)40-32-51(61-36(2)67)53(60-33-40)55(70)59-21-27-73-28-26-66(57(72)74-35-48-43-15-6-4-13-41(43)42-14-5-7-16-44(42)48)34-52(68)64-22-24-65(25-23-64)56(71)47-30-38(19-20-49(47)58)31-50-45-17-8-9-18-46(45)54(69)63-62-50/h4-20,29-30,32-33,48H,3,21-28,31,34-35H2,1-2H3,(H,59,70)(H,61,67)(H,63,69). The predicted octanol–water partition coefficient (Wildman–Crippen LogP) is 7.22. The van der Waals surface area contributed by atoms with Crippen molar-refractivity contribution in [3.05, 3.63) is 183 Å². The van der Waals surface area contributed by atoms with Crippen molar-refractivity contribution >= 4 is 46.2 Å². The minimum atomic E-state index is -0.715. The van der Waals surface area contributed by atoms with Gasteiger partial charge in [0.2, 0.25) is 11.8 Å². The predicted molar refractivity (Wildman–Crippen MR) is 277 cm³/mol. The number of hydrogen-bond donors (Lipinski definition) is 3. The zero-order valence-corrected chi connectivity index (χ0v) is 41.1. The summed E-state index contributed by atoms with van der Waals surface area (Å²) >= 11 is 0. The lowest BCUT2D eigenvalue weighted by atomic mass is 9.98. The molecule has 7 aromatic rings. The van der Waals surface area contributed by atoms with E-state index in [0.717, 1.165) is 45.4 Å². The highest BCUT2D eigenvalue weighted by Gasteiger charge is 2.32. The average molecular weight is 999 g/mol. The van der Waals surface area contributed by atoms with Gasteiger partial charge in [0.05, 0.1) is 35.5 Å². The van der Waals surface area contributed by atoms with E-state index in [0.29, 0.717) is 22.0 Å². The molecule has 9 rings (SSSR count).